The fourth-order valence-electron chi connectivity index (χ4n) is 3.83. The van der Waals surface area contributed by atoms with Gasteiger partial charge in [0.2, 0.25) is 0 Å². The van der Waals surface area contributed by atoms with E-state index in [2.05, 4.69) is 73.8 Å². The number of hydrogen-bond donors (Lipinski definition) is 1. The number of nitrogens with zero attached hydrogens (tertiary/aromatic N) is 1. The average Bonchev–Trinajstić information content (AvgIpc) is 3.15. The molecule has 0 saturated carbocycles. The number of rotatable bonds is 7. The fourth-order valence-corrected chi connectivity index (χ4v) is 4.13. The molecule has 164 valence electrons. The predicted molar refractivity (Wildman–Crippen MR) is 135 cm³/mol. The lowest BCUT2D eigenvalue weighted by Crippen LogP contribution is -1.97. The summed E-state index contributed by atoms with van der Waals surface area (Å²) < 4.78 is 5.97. The number of aryl methyl sites for hydroxylation is 2. The number of H-pyrrole nitrogens is 1. The molecule has 0 bridgehead atoms. The van der Waals surface area contributed by atoms with Gasteiger partial charge in [-0.05, 0) is 79.1 Å². The molecule has 32 heavy (non-hydrogen) atoms. The molecule has 0 saturated heterocycles. The Labute approximate surface area is 195 Å². The van der Waals surface area contributed by atoms with Gasteiger partial charge in [0.1, 0.15) is 5.75 Å². The van der Waals surface area contributed by atoms with Crippen LogP contribution in [0.25, 0.3) is 11.0 Å². The Morgan fingerprint density at radius 2 is 2.09 bits per heavy atom. The molecule has 4 heteroatoms. The smallest absolute Gasteiger partial charge is 0.300 e. The van der Waals surface area contributed by atoms with Crippen molar-refractivity contribution < 1.29 is 4.74 Å². The Kier molecular flexibility index (Phi) is 6.66. The van der Waals surface area contributed by atoms with E-state index in [9.17, 15) is 0 Å². The Balaban J connectivity index is 1.61. The molecular formula is C28H29ClN2O. The van der Waals surface area contributed by atoms with Gasteiger partial charge in [-0.2, -0.15) is 4.98 Å². The van der Waals surface area contributed by atoms with Crippen molar-refractivity contribution in [1.82, 2.24) is 9.97 Å². The molecule has 1 aliphatic rings. The molecule has 1 N–H and O–H groups in total. The molecule has 0 aliphatic heterocycles. The van der Waals surface area contributed by atoms with Crippen LogP contribution in [0, 0.1) is 19.8 Å². The van der Waals surface area contributed by atoms with Crippen LogP contribution in [0.2, 0.25) is 5.02 Å². The van der Waals surface area contributed by atoms with Crippen molar-refractivity contribution in [3.05, 3.63) is 101 Å². The van der Waals surface area contributed by atoms with E-state index < -0.39 is 0 Å². The summed E-state index contributed by atoms with van der Waals surface area (Å²) >= 11 is 6.69. The maximum Gasteiger partial charge on any atom is 0.300 e. The van der Waals surface area contributed by atoms with Crippen LogP contribution in [0.5, 0.6) is 11.8 Å². The molecule has 2 atom stereocenters. The van der Waals surface area contributed by atoms with E-state index in [1.807, 2.05) is 30.3 Å². The summed E-state index contributed by atoms with van der Waals surface area (Å²) in [5.74, 6) is 1.49. The van der Waals surface area contributed by atoms with Gasteiger partial charge in [0, 0.05) is 10.9 Å². The van der Waals surface area contributed by atoms with Crippen molar-refractivity contribution in [1.29, 1.82) is 0 Å². The van der Waals surface area contributed by atoms with E-state index in [-0.39, 0.29) is 5.92 Å². The molecule has 0 radical (unpaired) electrons. The van der Waals surface area contributed by atoms with Crippen molar-refractivity contribution in [3.63, 3.8) is 0 Å². The van der Waals surface area contributed by atoms with Crippen LogP contribution >= 0.6 is 11.6 Å². The number of aromatic nitrogens is 2. The lowest BCUT2D eigenvalue weighted by Gasteiger charge is -2.14. The van der Waals surface area contributed by atoms with E-state index >= 15 is 0 Å². The van der Waals surface area contributed by atoms with E-state index in [0.29, 0.717) is 17.0 Å². The third-order valence-electron chi connectivity index (χ3n) is 5.96. The maximum absolute atomic E-state index is 6.69. The second-order valence-corrected chi connectivity index (χ2v) is 8.95. The van der Waals surface area contributed by atoms with Crippen molar-refractivity contribution >= 4 is 22.6 Å². The number of aromatic amines is 1. The Morgan fingerprint density at radius 1 is 1.25 bits per heavy atom. The van der Waals surface area contributed by atoms with Crippen LogP contribution in [-0.4, -0.2) is 9.97 Å². The Hall–Kier alpha value is -3.04. The molecule has 4 rings (SSSR count). The fraction of sp³-hybridized carbons (Fsp3) is 0.250. The van der Waals surface area contributed by atoms with Crippen LogP contribution in [0.4, 0.5) is 0 Å². The number of hydrogen-bond acceptors (Lipinski definition) is 2. The summed E-state index contributed by atoms with van der Waals surface area (Å²) in [5.41, 5.74) is 6.38. The van der Waals surface area contributed by atoms with Crippen LogP contribution in [-0.2, 0) is 0 Å². The zero-order valence-corrected chi connectivity index (χ0v) is 19.6. The van der Waals surface area contributed by atoms with Crippen molar-refractivity contribution in [2.45, 2.75) is 39.5 Å². The lowest BCUT2D eigenvalue weighted by molar-refractivity contribution is 0.449. The molecule has 3 aromatic rings. The first-order valence-corrected chi connectivity index (χ1v) is 11.4. The number of fused-ring (bicyclic) bond motifs is 1. The molecule has 0 fully saturated rings. The number of imidazole rings is 1. The molecule has 0 amide bonds. The van der Waals surface area contributed by atoms with Gasteiger partial charge in [-0.25, -0.2) is 0 Å². The lowest BCUT2D eigenvalue weighted by atomic mass is 9.92. The molecule has 2 unspecified atom stereocenters. The van der Waals surface area contributed by atoms with Crippen molar-refractivity contribution in [2.75, 3.05) is 0 Å². The van der Waals surface area contributed by atoms with Crippen LogP contribution in [0.15, 0.2) is 78.9 Å². The van der Waals surface area contributed by atoms with Crippen LogP contribution in [0.3, 0.4) is 0 Å². The molecule has 2 aromatic carbocycles. The minimum atomic E-state index is 0.130. The number of ether oxygens (including phenoxy) is 1. The molecule has 1 aliphatic carbocycles. The predicted octanol–water partition coefficient (Wildman–Crippen LogP) is 8.36. The van der Waals surface area contributed by atoms with Crippen molar-refractivity contribution in [3.8, 4) is 11.8 Å². The standard InChI is InChI=1S/C28H29ClN2O/c1-5-6-22(13-12-21-10-7-18(2)8-11-21)24-16-26-27(17-25(24)29)31-28(30-26)32-23-14-9-19(3)20(4)15-23/h5,7,9-18,22H,1,6,8H2,2-4H3,(H,30,31)/b13-12+. The molecule has 0 spiro atoms. The molecule has 1 heterocycles. The zero-order valence-electron chi connectivity index (χ0n) is 18.9. The summed E-state index contributed by atoms with van der Waals surface area (Å²) in [5, 5.41) is 0.694. The summed E-state index contributed by atoms with van der Waals surface area (Å²) in [6.45, 7) is 10.3. The van der Waals surface area contributed by atoms with E-state index in [1.165, 1.54) is 16.7 Å². The second kappa shape index (κ2) is 9.62. The van der Waals surface area contributed by atoms with Gasteiger partial charge in [-0.15, -0.1) is 6.58 Å². The molecular weight excluding hydrogens is 416 g/mol. The van der Waals surface area contributed by atoms with Crippen LogP contribution in [0.1, 0.15) is 42.4 Å². The highest BCUT2D eigenvalue weighted by molar-refractivity contribution is 6.32. The van der Waals surface area contributed by atoms with Gasteiger partial charge >= 0.3 is 0 Å². The molecule has 1 aromatic heterocycles. The highest BCUT2D eigenvalue weighted by Crippen LogP contribution is 2.34. The van der Waals surface area contributed by atoms with Gasteiger partial charge in [-0.3, -0.25) is 0 Å². The number of allylic oxidation sites excluding steroid dienone is 7. The quantitative estimate of drug-likeness (QED) is 0.371. The van der Waals surface area contributed by atoms with Gasteiger partial charge < -0.3 is 9.72 Å². The Morgan fingerprint density at radius 3 is 2.81 bits per heavy atom. The van der Waals surface area contributed by atoms with Gasteiger partial charge in [0.25, 0.3) is 6.01 Å². The molecule has 3 nitrogen and oxygen atoms in total. The number of benzene rings is 2. The first kappa shape index (κ1) is 22.2. The second-order valence-electron chi connectivity index (χ2n) is 8.55. The van der Waals surface area contributed by atoms with Gasteiger partial charge in [0.15, 0.2) is 0 Å². The normalized spacial score (nSPS) is 17.0. The summed E-state index contributed by atoms with van der Waals surface area (Å²) in [4.78, 5) is 7.86. The third kappa shape index (κ3) is 5.05. The number of halogens is 1. The van der Waals surface area contributed by atoms with Gasteiger partial charge in [0.05, 0.1) is 11.0 Å². The van der Waals surface area contributed by atoms with Crippen molar-refractivity contribution in [2.24, 2.45) is 5.92 Å². The Bertz CT molecular complexity index is 1230. The van der Waals surface area contributed by atoms with Gasteiger partial charge in [-0.1, -0.05) is 61.0 Å². The largest absolute Gasteiger partial charge is 0.426 e. The van der Waals surface area contributed by atoms with E-state index in [1.54, 1.807) is 0 Å². The highest BCUT2D eigenvalue weighted by atomic mass is 35.5. The average molecular weight is 445 g/mol. The number of nitrogens with one attached hydrogen (secondary N) is 1. The SMILES string of the molecule is C=CCC(/C=C/C1=CCC(C)C=C1)c1cc2[nH]c(Oc3ccc(C)c(C)c3)nc2cc1Cl. The zero-order chi connectivity index (χ0) is 22.7. The van der Waals surface area contributed by atoms with E-state index in [4.69, 9.17) is 16.3 Å². The summed E-state index contributed by atoms with van der Waals surface area (Å²) in [6.07, 6.45) is 14.9. The summed E-state index contributed by atoms with van der Waals surface area (Å²) in [6, 6.07) is 10.4. The highest BCUT2D eigenvalue weighted by Gasteiger charge is 2.15. The minimum Gasteiger partial charge on any atom is -0.426 e. The topological polar surface area (TPSA) is 37.9 Å². The monoisotopic (exact) mass is 444 g/mol. The van der Waals surface area contributed by atoms with Crippen LogP contribution < -0.4 is 4.74 Å². The summed E-state index contributed by atoms with van der Waals surface area (Å²) in [7, 11) is 0. The third-order valence-corrected chi connectivity index (χ3v) is 6.28. The maximum atomic E-state index is 6.69. The first-order valence-electron chi connectivity index (χ1n) is 11.0. The minimum absolute atomic E-state index is 0.130. The van der Waals surface area contributed by atoms with E-state index in [0.717, 1.165) is 35.2 Å². The first-order chi connectivity index (χ1) is 15.4.